The number of hydrazone groups is 1. The molecule has 0 heterocycles. The van der Waals surface area contributed by atoms with Crippen LogP contribution in [0.5, 0.6) is 0 Å². The molecule has 0 saturated heterocycles. The van der Waals surface area contributed by atoms with Crippen LogP contribution in [0, 0.1) is 20.2 Å². The fourth-order valence-corrected chi connectivity index (χ4v) is 4.36. The minimum atomic E-state index is -0.662. The summed E-state index contributed by atoms with van der Waals surface area (Å²) in [6.45, 7) is 0. The summed E-state index contributed by atoms with van der Waals surface area (Å²) in [6.07, 6.45) is 3.72. The van der Waals surface area contributed by atoms with Crippen LogP contribution in [-0.2, 0) is 6.42 Å². The number of anilines is 1. The molecule has 8 nitrogen and oxygen atoms in total. The summed E-state index contributed by atoms with van der Waals surface area (Å²) in [5, 5.41) is 29.5. The summed E-state index contributed by atoms with van der Waals surface area (Å²) < 4.78 is 0. The Morgan fingerprint density at radius 3 is 2.43 bits per heavy atom. The molecule has 0 spiro atoms. The third-order valence-electron chi connectivity index (χ3n) is 6.07. The van der Waals surface area contributed by atoms with Crippen molar-refractivity contribution in [1.29, 1.82) is 0 Å². The minimum Gasteiger partial charge on any atom is -0.271 e. The number of aryl methyl sites for hydroxylation is 1. The zero-order chi connectivity index (χ0) is 24.4. The SMILES string of the molecule is O=[N+]([O-])c1ccc(N/N=C2/C(=C/c3cccc4ccccc34)CCc3ccccc32)c([N+](=O)[O-])c1. The van der Waals surface area contributed by atoms with Crippen LogP contribution in [-0.4, -0.2) is 15.6 Å². The molecule has 0 bridgehead atoms. The number of hydrogen-bond donors (Lipinski definition) is 1. The lowest BCUT2D eigenvalue weighted by Crippen LogP contribution is -2.17. The molecule has 1 aliphatic carbocycles. The van der Waals surface area contributed by atoms with Gasteiger partial charge in [-0.3, -0.25) is 25.7 Å². The van der Waals surface area contributed by atoms with Crippen molar-refractivity contribution >= 4 is 39.6 Å². The van der Waals surface area contributed by atoms with Crippen LogP contribution in [0.2, 0.25) is 0 Å². The normalized spacial score (nSPS) is 15.2. The van der Waals surface area contributed by atoms with Gasteiger partial charge in [0.25, 0.3) is 5.69 Å². The standard InChI is InChI=1S/C27H20N4O4/c32-30(33)22-14-15-25(26(17-22)31(34)35)28-29-27-21(13-12-19-7-2-4-11-24(19)27)16-20-9-5-8-18-6-1-3-10-23(18)20/h1-11,14-17,28H,12-13H2/b21-16+,29-27-. The molecule has 1 N–H and O–H groups in total. The number of non-ortho nitro benzene ring substituents is 1. The lowest BCUT2D eigenvalue weighted by molar-refractivity contribution is -0.393. The summed E-state index contributed by atoms with van der Waals surface area (Å²) in [7, 11) is 0. The van der Waals surface area contributed by atoms with Crippen molar-refractivity contribution in [2.24, 2.45) is 5.10 Å². The van der Waals surface area contributed by atoms with Crippen molar-refractivity contribution in [2.45, 2.75) is 12.8 Å². The number of benzene rings is 4. The van der Waals surface area contributed by atoms with Gasteiger partial charge in [0.2, 0.25) is 0 Å². The van der Waals surface area contributed by atoms with Gasteiger partial charge in [0.1, 0.15) is 5.69 Å². The molecule has 0 saturated carbocycles. The lowest BCUT2D eigenvalue weighted by atomic mass is 9.85. The fourth-order valence-electron chi connectivity index (χ4n) is 4.36. The van der Waals surface area contributed by atoms with Gasteiger partial charge in [-0.05, 0) is 52.5 Å². The fraction of sp³-hybridized carbons (Fsp3) is 0.0741. The lowest BCUT2D eigenvalue weighted by Gasteiger charge is -2.21. The smallest absolute Gasteiger partial charge is 0.271 e. The van der Waals surface area contributed by atoms with Gasteiger partial charge >= 0.3 is 5.69 Å². The maximum absolute atomic E-state index is 11.6. The second-order valence-electron chi connectivity index (χ2n) is 8.18. The number of rotatable bonds is 5. The van der Waals surface area contributed by atoms with Crippen LogP contribution in [0.25, 0.3) is 16.8 Å². The van der Waals surface area contributed by atoms with E-state index >= 15 is 0 Å². The van der Waals surface area contributed by atoms with E-state index in [1.54, 1.807) is 0 Å². The third-order valence-corrected chi connectivity index (χ3v) is 6.07. The molecule has 35 heavy (non-hydrogen) atoms. The summed E-state index contributed by atoms with van der Waals surface area (Å²) in [5.41, 5.74) is 6.96. The van der Waals surface area contributed by atoms with Crippen LogP contribution >= 0.6 is 0 Å². The first-order chi connectivity index (χ1) is 17.0. The molecular formula is C27H20N4O4. The van der Waals surface area contributed by atoms with Crippen LogP contribution in [0.3, 0.4) is 0 Å². The van der Waals surface area contributed by atoms with Crippen molar-refractivity contribution in [3.63, 3.8) is 0 Å². The van der Waals surface area contributed by atoms with Crippen LogP contribution < -0.4 is 5.43 Å². The van der Waals surface area contributed by atoms with Gasteiger partial charge in [-0.1, -0.05) is 66.7 Å². The van der Waals surface area contributed by atoms with E-state index in [1.165, 1.54) is 12.1 Å². The predicted molar refractivity (Wildman–Crippen MR) is 137 cm³/mol. The Labute approximate surface area is 200 Å². The van der Waals surface area contributed by atoms with Gasteiger partial charge in [0, 0.05) is 11.6 Å². The quantitative estimate of drug-likeness (QED) is 0.268. The number of hydrogen-bond acceptors (Lipinski definition) is 6. The van der Waals surface area contributed by atoms with Crippen LogP contribution in [0.4, 0.5) is 17.1 Å². The van der Waals surface area contributed by atoms with Crippen LogP contribution in [0.15, 0.2) is 95.6 Å². The molecule has 8 heteroatoms. The molecule has 0 fully saturated rings. The van der Waals surface area contributed by atoms with E-state index in [9.17, 15) is 20.2 Å². The number of fused-ring (bicyclic) bond motifs is 2. The zero-order valence-corrected chi connectivity index (χ0v) is 18.5. The highest BCUT2D eigenvalue weighted by Gasteiger charge is 2.22. The number of nitrogens with zero attached hydrogens (tertiary/aromatic N) is 3. The van der Waals surface area contributed by atoms with E-state index in [0.29, 0.717) is 5.71 Å². The average Bonchev–Trinajstić information content (AvgIpc) is 2.88. The van der Waals surface area contributed by atoms with Crippen LogP contribution in [0.1, 0.15) is 23.1 Å². The average molecular weight is 464 g/mol. The third kappa shape index (κ3) is 4.37. The molecule has 0 radical (unpaired) electrons. The monoisotopic (exact) mass is 464 g/mol. The van der Waals surface area contributed by atoms with Gasteiger partial charge in [-0.2, -0.15) is 5.10 Å². The van der Waals surface area contributed by atoms with Crippen molar-refractivity contribution < 1.29 is 9.85 Å². The number of nitrogens with one attached hydrogen (secondary N) is 1. The van der Waals surface area contributed by atoms with Crippen molar-refractivity contribution in [3.8, 4) is 0 Å². The molecule has 0 unspecified atom stereocenters. The highest BCUT2D eigenvalue weighted by molar-refractivity contribution is 6.17. The first kappa shape index (κ1) is 22.0. The Morgan fingerprint density at radius 1 is 0.829 bits per heavy atom. The van der Waals surface area contributed by atoms with Gasteiger partial charge in [-0.15, -0.1) is 0 Å². The minimum absolute atomic E-state index is 0.0839. The van der Waals surface area contributed by atoms with E-state index < -0.39 is 15.5 Å². The van der Waals surface area contributed by atoms with Gasteiger partial charge in [-0.25, -0.2) is 0 Å². The van der Waals surface area contributed by atoms with E-state index in [-0.39, 0.29) is 11.4 Å². The molecule has 4 aromatic rings. The van der Waals surface area contributed by atoms with E-state index in [2.05, 4.69) is 40.9 Å². The van der Waals surface area contributed by atoms with Crippen molar-refractivity contribution in [2.75, 3.05) is 5.43 Å². The maximum Gasteiger partial charge on any atom is 0.301 e. The van der Waals surface area contributed by atoms with Crippen molar-refractivity contribution in [3.05, 3.63) is 127 Å². The number of nitro groups is 2. The summed E-state index contributed by atoms with van der Waals surface area (Å²) in [5.74, 6) is 0. The number of nitro benzene ring substituents is 2. The molecule has 172 valence electrons. The van der Waals surface area contributed by atoms with Gasteiger partial charge < -0.3 is 0 Å². The second-order valence-corrected chi connectivity index (χ2v) is 8.18. The molecule has 1 aliphatic rings. The van der Waals surface area contributed by atoms with Crippen molar-refractivity contribution in [1.82, 2.24) is 0 Å². The summed E-state index contributed by atoms with van der Waals surface area (Å²) in [4.78, 5) is 21.3. The molecular weight excluding hydrogens is 444 g/mol. The second kappa shape index (κ2) is 9.18. The first-order valence-corrected chi connectivity index (χ1v) is 11.0. The Hall–Kier alpha value is -4.85. The predicted octanol–water partition coefficient (Wildman–Crippen LogP) is 6.50. The van der Waals surface area contributed by atoms with E-state index in [4.69, 9.17) is 0 Å². The van der Waals surface area contributed by atoms with Gasteiger partial charge in [0.05, 0.1) is 21.6 Å². The zero-order valence-electron chi connectivity index (χ0n) is 18.5. The molecule has 0 atom stereocenters. The molecule has 4 aromatic carbocycles. The van der Waals surface area contributed by atoms with E-state index in [1.807, 2.05) is 42.5 Å². The molecule has 0 amide bonds. The summed E-state index contributed by atoms with van der Waals surface area (Å²) in [6, 6.07) is 25.7. The Bertz CT molecular complexity index is 1540. The highest BCUT2D eigenvalue weighted by atomic mass is 16.6. The Morgan fingerprint density at radius 2 is 1.60 bits per heavy atom. The van der Waals surface area contributed by atoms with Gasteiger partial charge in [0.15, 0.2) is 0 Å². The highest BCUT2D eigenvalue weighted by Crippen LogP contribution is 2.32. The maximum atomic E-state index is 11.6. The first-order valence-electron chi connectivity index (χ1n) is 11.0. The largest absolute Gasteiger partial charge is 0.301 e. The Balaban J connectivity index is 1.61. The molecule has 0 aromatic heterocycles. The molecule has 5 rings (SSSR count). The number of allylic oxidation sites excluding steroid dienone is 1. The van der Waals surface area contributed by atoms with E-state index in [0.717, 1.165) is 51.9 Å². The summed E-state index contributed by atoms with van der Waals surface area (Å²) >= 11 is 0. The Kier molecular flexibility index (Phi) is 5.76. The topological polar surface area (TPSA) is 111 Å². The molecule has 0 aliphatic heterocycles.